The summed E-state index contributed by atoms with van der Waals surface area (Å²) in [6.07, 6.45) is 4.40. The first-order chi connectivity index (χ1) is 16.7. The minimum absolute atomic E-state index is 0.0704. The number of benzene rings is 2. The fourth-order valence-corrected chi connectivity index (χ4v) is 6.43. The van der Waals surface area contributed by atoms with Crippen LogP contribution in [0.3, 0.4) is 0 Å². The number of nitrogens with one attached hydrogen (secondary N) is 1. The summed E-state index contributed by atoms with van der Waals surface area (Å²) in [6, 6.07) is 7.97. The van der Waals surface area contributed by atoms with E-state index < -0.39 is 46.4 Å². The molecule has 1 saturated heterocycles. The summed E-state index contributed by atoms with van der Waals surface area (Å²) in [4.78, 5) is 12.5. The predicted octanol–water partition coefficient (Wildman–Crippen LogP) is 5.57. The minimum atomic E-state index is -1.82. The zero-order chi connectivity index (χ0) is 25.4. The second-order valence-corrected chi connectivity index (χ2v) is 10.5. The number of nitriles is 1. The van der Waals surface area contributed by atoms with Gasteiger partial charge in [-0.25, -0.2) is 8.78 Å². The number of hydrogen-bond donors (Lipinski definition) is 3. The van der Waals surface area contributed by atoms with Crippen LogP contribution in [0, 0.1) is 28.4 Å². The van der Waals surface area contributed by atoms with Crippen molar-refractivity contribution >= 4 is 29.2 Å². The number of halogens is 4. The van der Waals surface area contributed by atoms with Crippen LogP contribution in [0.15, 0.2) is 36.4 Å². The number of carbonyl (C=O) groups is 1. The second-order valence-electron chi connectivity index (χ2n) is 9.68. The molecule has 1 aliphatic heterocycles. The molecule has 2 aromatic rings. The van der Waals surface area contributed by atoms with Gasteiger partial charge in [0, 0.05) is 29.2 Å². The Morgan fingerprint density at radius 1 is 1.17 bits per heavy atom. The third-order valence-corrected chi connectivity index (χ3v) is 8.31. The van der Waals surface area contributed by atoms with Crippen LogP contribution in [-0.4, -0.2) is 34.9 Å². The molecule has 0 bridgehead atoms. The van der Waals surface area contributed by atoms with Crippen molar-refractivity contribution in [2.24, 2.45) is 5.41 Å². The Hall–Kier alpha value is -2.24. The summed E-state index contributed by atoms with van der Waals surface area (Å²) in [5, 5.41) is 34.1. The van der Waals surface area contributed by atoms with Gasteiger partial charge >= 0.3 is 5.97 Å². The molecule has 186 valence electrons. The van der Waals surface area contributed by atoms with Crippen molar-refractivity contribution < 1.29 is 23.8 Å². The lowest BCUT2D eigenvalue weighted by Gasteiger charge is -2.42. The SMILES string of the molecule is N#C[C@]1(c2ccc(Cl)cc2F)[C@H](CC2(CO)CCCCC2)N[C@@H](C(=O)O)[C@@H]1c1cccc(Cl)c1F. The van der Waals surface area contributed by atoms with Gasteiger partial charge in [-0.1, -0.05) is 60.7 Å². The van der Waals surface area contributed by atoms with E-state index >= 15 is 8.78 Å². The van der Waals surface area contributed by atoms with Crippen molar-refractivity contribution in [1.29, 1.82) is 5.26 Å². The molecule has 0 amide bonds. The van der Waals surface area contributed by atoms with Crippen molar-refractivity contribution in [3.63, 3.8) is 0 Å². The first-order valence-electron chi connectivity index (χ1n) is 11.6. The monoisotopic (exact) mass is 522 g/mol. The van der Waals surface area contributed by atoms with E-state index in [4.69, 9.17) is 23.2 Å². The fourth-order valence-electron chi connectivity index (χ4n) is 6.09. The van der Waals surface area contributed by atoms with Crippen LogP contribution in [0.1, 0.15) is 55.6 Å². The van der Waals surface area contributed by atoms with Crippen LogP contribution >= 0.6 is 23.2 Å². The first-order valence-corrected chi connectivity index (χ1v) is 12.3. The summed E-state index contributed by atoms with van der Waals surface area (Å²) in [6.45, 7) is -0.149. The highest BCUT2D eigenvalue weighted by atomic mass is 35.5. The van der Waals surface area contributed by atoms with Gasteiger partial charge < -0.3 is 10.2 Å². The fraction of sp³-hybridized carbons (Fsp3) is 0.462. The largest absolute Gasteiger partial charge is 0.480 e. The zero-order valence-corrected chi connectivity index (χ0v) is 20.4. The predicted molar refractivity (Wildman–Crippen MR) is 128 cm³/mol. The van der Waals surface area contributed by atoms with Crippen LogP contribution in [0.25, 0.3) is 0 Å². The summed E-state index contributed by atoms with van der Waals surface area (Å²) in [5.41, 5.74) is -2.54. The van der Waals surface area contributed by atoms with Crippen molar-refractivity contribution in [3.05, 3.63) is 69.2 Å². The Morgan fingerprint density at radius 2 is 1.89 bits per heavy atom. The van der Waals surface area contributed by atoms with Crippen LogP contribution in [-0.2, 0) is 10.2 Å². The molecule has 2 fully saturated rings. The Morgan fingerprint density at radius 3 is 2.49 bits per heavy atom. The maximum Gasteiger partial charge on any atom is 0.321 e. The Bertz CT molecular complexity index is 1170. The van der Waals surface area contributed by atoms with Gasteiger partial charge in [0.1, 0.15) is 23.1 Å². The Kier molecular flexibility index (Phi) is 7.40. The van der Waals surface area contributed by atoms with E-state index in [0.29, 0.717) is 12.8 Å². The summed E-state index contributed by atoms with van der Waals surface area (Å²) in [7, 11) is 0. The molecule has 35 heavy (non-hydrogen) atoms. The number of carboxylic acids is 1. The zero-order valence-electron chi connectivity index (χ0n) is 18.9. The maximum atomic E-state index is 15.5. The molecular weight excluding hydrogens is 497 g/mol. The smallest absolute Gasteiger partial charge is 0.321 e. The van der Waals surface area contributed by atoms with Gasteiger partial charge in [-0.3, -0.25) is 10.1 Å². The molecule has 0 unspecified atom stereocenters. The van der Waals surface area contributed by atoms with Crippen LogP contribution < -0.4 is 5.32 Å². The lowest BCUT2D eigenvalue weighted by molar-refractivity contribution is -0.139. The lowest BCUT2D eigenvalue weighted by Crippen LogP contribution is -2.47. The molecule has 0 radical (unpaired) electrons. The topological polar surface area (TPSA) is 93.4 Å². The maximum absolute atomic E-state index is 15.5. The van der Waals surface area contributed by atoms with Crippen LogP contribution in [0.4, 0.5) is 8.78 Å². The molecule has 9 heteroatoms. The third kappa shape index (κ3) is 4.42. The third-order valence-electron chi connectivity index (χ3n) is 7.79. The standard InChI is InChI=1S/C26H26Cl2F2N2O3/c27-15-7-8-17(19(29)11-15)26(13-31)20(12-25(14-33)9-2-1-3-10-25)32-23(24(34)35)21(26)16-5-4-6-18(28)22(16)30/h4-8,11,20-21,23,32-33H,1-3,9-10,12,14H2,(H,34,35)/t20-,21-,23+,26-/m0/s1. The summed E-state index contributed by atoms with van der Waals surface area (Å²) < 4.78 is 30.8. The van der Waals surface area contributed by atoms with Gasteiger partial charge in [-0.2, -0.15) is 5.26 Å². The minimum Gasteiger partial charge on any atom is -0.480 e. The van der Waals surface area contributed by atoms with Gasteiger partial charge in [0.05, 0.1) is 11.1 Å². The molecule has 0 aromatic heterocycles. The van der Waals surface area contributed by atoms with Gasteiger partial charge in [0.25, 0.3) is 0 Å². The van der Waals surface area contributed by atoms with E-state index in [1.165, 1.54) is 30.3 Å². The van der Waals surface area contributed by atoms with E-state index in [9.17, 15) is 20.3 Å². The average Bonchev–Trinajstić information content (AvgIpc) is 3.16. The van der Waals surface area contributed by atoms with Gasteiger partial charge in [-0.05, 0) is 48.4 Å². The summed E-state index contributed by atoms with van der Waals surface area (Å²) in [5.74, 6) is -4.24. The second kappa shape index (κ2) is 10.0. The summed E-state index contributed by atoms with van der Waals surface area (Å²) >= 11 is 12.0. The number of rotatable bonds is 6. The molecule has 2 aromatic carbocycles. The molecule has 5 nitrogen and oxygen atoms in total. The van der Waals surface area contributed by atoms with E-state index in [-0.39, 0.29) is 34.2 Å². The molecule has 3 N–H and O–H groups in total. The Labute approximate surface area is 212 Å². The lowest BCUT2D eigenvalue weighted by atomic mass is 9.60. The molecule has 0 spiro atoms. The van der Waals surface area contributed by atoms with E-state index in [1.807, 2.05) is 0 Å². The number of aliphatic hydroxyl groups is 1. The molecule has 4 atom stereocenters. The number of aliphatic carboxylic acids is 1. The Balaban J connectivity index is 1.98. The van der Waals surface area contributed by atoms with Crippen LogP contribution in [0.5, 0.6) is 0 Å². The normalized spacial score (nSPS) is 27.9. The first kappa shape index (κ1) is 25.8. The molecule has 1 saturated carbocycles. The molecule has 2 aliphatic rings. The molecule has 4 rings (SSSR count). The van der Waals surface area contributed by atoms with E-state index in [1.54, 1.807) is 0 Å². The number of aliphatic hydroxyl groups excluding tert-OH is 1. The van der Waals surface area contributed by atoms with E-state index in [0.717, 1.165) is 25.3 Å². The van der Waals surface area contributed by atoms with Crippen molar-refractivity contribution in [2.75, 3.05) is 6.61 Å². The molecular formula is C26H26Cl2F2N2O3. The van der Waals surface area contributed by atoms with Crippen molar-refractivity contribution in [3.8, 4) is 6.07 Å². The highest BCUT2D eigenvalue weighted by Crippen LogP contribution is 2.54. The highest BCUT2D eigenvalue weighted by molar-refractivity contribution is 6.31. The van der Waals surface area contributed by atoms with Crippen LogP contribution in [0.2, 0.25) is 10.0 Å². The molecule has 1 aliphatic carbocycles. The average molecular weight is 523 g/mol. The number of hydrogen-bond acceptors (Lipinski definition) is 4. The highest BCUT2D eigenvalue weighted by Gasteiger charge is 2.62. The quantitative estimate of drug-likeness (QED) is 0.460. The van der Waals surface area contributed by atoms with Crippen molar-refractivity contribution in [1.82, 2.24) is 5.32 Å². The van der Waals surface area contributed by atoms with Gasteiger partial charge in [0.15, 0.2) is 0 Å². The molecule has 1 heterocycles. The number of carboxylic acid groups (broad SMARTS) is 1. The van der Waals surface area contributed by atoms with Gasteiger partial charge in [0.2, 0.25) is 0 Å². The number of nitrogens with zero attached hydrogens (tertiary/aromatic N) is 1. The van der Waals surface area contributed by atoms with E-state index in [2.05, 4.69) is 11.4 Å². The van der Waals surface area contributed by atoms with Gasteiger partial charge in [-0.15, -0.1) is 0 Å². The van der Waals surface area contributed by atoms with Crippen molar-refractivity contribution in [2.45, 2.75) is 61.9 Å².